The molecule has 0 aliphatic carbocycles. The fourth-order valence-electron chi connectivity index (χ4n) is 1.94. The molecule has 0 bridgehead atoms. The lowest BCUT2D eigenvalue weighted by atomic mass is 9.94. The lowest BCUT2D eigenvalue weighted by Gasteiger charge is -2.27. The van der Waals surface area contributed by atoms with E-state index in [4.69, 9.17) is 11.6 Å². The van der Waals surface area contributed by atoms with Crippen LogP contribution >= 0.6 is 27.5 Å². The van der Waals surface area contributed by atoms with Gasteiger partial charge in [-0.3, -0.25) is 0 Å². The van der Waals surface area contributed by atoms with Gasteiger partial charge < -0.3 is 5.32 Å². The highest BCUT2D eigenvalue weighted by atomic mass is 79.9. The summed E-state index contributed by atoms with van der Waals surface area (Å²) in [6.07, 6.45) is 0. The molecule has 0 amide bonds. The molecular formula is C16H16BrClFN. The van der Waals surface area contributed by atoms with E-state index in [2.05, 4.69) is 47.2 Å². The average molecular weight is 357 g/mol. The smallest absolute Gasteiger partial charge is 0.142 e. The van der Waals surface area contributed by atoms with Crippen molar-refractivity contribution in [1.29, 1.82) is 0 Å². The highest BCUT2D eigenvalue weighted by Crippen LogP contribution is 2.23. The fourth-order valence-corrected chi connectivity index (χ4v) is 2.32. The Labute approximate surface area is 132 Å². The largest absolute Gasteiger partial charge is 0.304 e. The van der Waals surface area contributed by atoms with E-state index >= 15 is 0 Å². The number of benzene rings is 2. The first-order valence-electron chi connectivity index (χ1n) is 6.33. The topological polar surface area (TPSA) is 12.0 Å². The number of nitrogens with one attached hydrogen (secondary N) is 1. The van der Waals surface area contributed by atoms with Crippen LogP contribution in [0.3, 0.4) is 0 Å². The zero-order chi connectivity index (χ0) is 14.8. The standard InChI is InChI=1S/C16H16BrClFN/c1-16(2,12-4-6-13(17)7-5-12)20-10-11-3-8-14(18)15(19)9-11/h3-9,20H,10H2,1-2H3. The van der Waals surface area contributed by atoms with Gasteiger partial charge in [0.2, 0.25) is 0 Å². The van der Waals surface area contributed by atoms with E-state index in [9.17, 15) is 4.39 Å². The molecule has 0 radical (unpaired) electrons. The maximum atomic E-state index is 13.4. The van der Waals surface area contributed by atoms with Crippen LogP contribution in [0.2, 0.25) is 5.02 Å². The van der Waals surface area contributed by atoms with Crippen LogP contribution in [0.5, 0.6) is 0 Å². The van der Waals surface area contributed by atoms with Crippen LogP contribution < -0.4 is 5.32 Å². The van der Waals surface area contributed by atoms with Crippen LogP contribution in [0, 0.1) is 5.82 Å². The normalized spacial score (nSPS) is 11.7. The molecule has 0 spiro atoms. The summed E-state index contributed by atoms with van der Waals surface area (Å²) < 4.78 is 14.5. The Morgan fingerprint density at radius 2 is 1.80 bits per heavy atom. The summed E-state index contributed by atoms with van der Waals surface area (Å²) in [5.41, 5.74) is 1.85. The molecule has 0 aromatic heterocycles. The number of hydrogen-bond acceptors (Lipinski definition) is 1. The minimum absolute atomic E-state index is 0.154. The van der Waals surface area contributed by atoms with Gasteiger partial charge in [-0.25, -0.2) is 4.39 Å². The Balaban J connectivity index is 2.08. The third-order valence-electron chi connectivity index (χ3n) is 3.28. The van der Waals surface area contributed by atoms with E-state index in [1.54, 1.807) is 6.07 Å². The molecule has 0 heterocycles. The summed E-state index contributed by atoms with van der Waals surface area (Å²) >= 11 is 9.11. The van der Waals surface area contributed by atoms with Crippen LogP contribution in [-0.4, -0.2) is 0 Å². The van der Waals surface area contributed by atoms with E-state index in [0.717, 1.165) is 10.0 Å². The molecular weight excluding hydrogens is 341 g/mol. The van der Waals surface area contributed by atoms with Crippen molar-refractivity contribution in [3.63, 3.8) is 0 Å². The maximum absolute atomic E-state index is 13.4. The van der Waals surface area contributed by atoms with Gasteiger partial charge in [0, 0.05) is 16.6 Å². The third kappa shape index (κ3) is 3.81. The fraction of sp³-hybridized carbons (Fsp3) is 0.250. The monoisotopic (exact) mass is 355 g/mol. The van der Waals surface area contributed by atoms with Crippen molar-refractivity contribution >= 4 is 27.5 Å². The van der Waals surface area contributed by atoms with Crippen LogP contribution in [0.15, 0.2) is 46.9 Å². The predicted octanol–water partition coefficient (Wildman–Crippen LogP) is 5.27. The van der Waals surface area contributed by atoms with Crippen LogP contribution in [-0.2, 0) is 12.1 Å². The molecule has 4 heteroatoms. The number of hydrogen-bond donors (Lipinski definition) is 1. The van der Waals surface area contributed by atoms with Crippen molar-refractivity contribution in [2.45, 2.75) is 25.9 Å². The Bertz CT molecular complexity index is 596. The molecule has 2 aromatic rings. The zero-order valence-corrected chi connectivity index (χ0v) is 13.7. The van der Waals surface area contributed by atoms with Gasteiger partial charge in [-0.15, -0.1) is 0 Å². The third-order valence-corrected chi connectivity index (χ3v) is 4.12. The van der Waals surface area contributed by atoms with Crippen LogP contribution in [0.25, 0.3) is 0 Å². The van der Waals surface area contributed by atoms with E-state index in [0.29, 0.717) is 6.54 Å². The SMILES string of the molecule is CC(C)(NCc1ccc(Cl)c(F)c1)c1ccc(Br)cc1. The number of rotatable bonds is 4. The zero-order valence-electron chi connectivity index (χ0n) is 11.4. The summed E-state index contributed by atoms with van der Waals surface area (Å²) in [7, 11) is 0. The Kier molecular flexibility index (Phi) is 4.84. The minimum atomic E-state index is -0.382. The molecule has 1 nitrogen and oxygen atoms in total. The van der Waals surface area contributed by atoms with Gasteiger partial charge in [-0.2, -0.15) is 0 Å². The molecule has 0 aliphatic heterocycles. The second-order valence-electron chi connectivity index (χ2n) is 5.23. The molecule has 1 N–H and O–H groups in total. The summed E-state index contributed by atoms with van der Waals surface area (Å²) in [4.78, 5) is 0. The molecule has 0 saturated heterocycles. The second-order valence-corrected chi connectivity index (χ2v) is 6.56. The Morgan fingerprint density at radius 1 is 1.15 bits per heavy atom. The highest BCUT2D eigenvalue weighted by Gasteiger charge is 2.19. The van der Waals surface area contributed by atoms with Gasteiger partial charge in [0.25, 0.3) is 0 Å². The van der Waals surface area contributed by atoms with Crippen LogP contribution in [0.1, 0.15) is 25.0 Å². The van der Waals surface area contributed by atoms with Crippen molar-refractivity contribution in [2.75, 3.05) is 0 Å². The van der Waals surface area contributed by atoms with E-state index in [1.165, 1.54) is 11.6 Å². The van der Waals surface area contributed by atoms with Crippen molar-refractivity contribution in [3.05, 3.63) is 68.9 Å². The van der Waals surface area contributed by atoms with Gasteiger partial charge in [-0.1, -0.05) is 45.7 Å². The van der Waals surface area contributed by atoms with Gasteiger partial charge in [0.1, 0.15) is 5.82 Å². The molecule has 0 saturated carbocycles. The summed E-state index contributed by atoms with van der Waals surface area (Å²) in [6, 6.07) is 13.0. The molecule has 0 atom stereocenters. The predicted molar refractivity (Wildman–Crippen MR) is 85.4 cm³/mol. The van der Waals surface area contributed by atoms with E-state index in [1.807, 2.05) is 18.2 Å². The molecule has 0 aliphatic rings. The van der Waals surface area contributed by atoms with Gasteiger partial charge in [-0.05, 0) is 49.2 Å². The van der Waals surface area contributed by atoms with Crippen molar-refractivity contribution in [3.8, 4) is 0 Å². The highest BCUT2D eigenvalue weighted by molar-refractivity contribution is 9.10. The molecule has 0 fully saturated rings. The van der Waals surface area contributed by atoms with E-state index < -0.39 is 0 Å². The lowest BCUT2D eigenvalue weighted by Crippen LogP contribution is -2.35. The number of halogens is 3. The first-order chi connectivity index (χ1) is 9.38. The van der Waals surface area contributed by atoms with E-state index in [-0.39, 0.29) is 16.4 Å². The maximum Gasteiger partial charge on any atom is 0.142 e. The van der Waals surface area contributed by atoms with Crippen LogP contribution in [0.4, 0.5) is 4.39 Å². The van der Waals surface area contributed by atoms with Crippen molar-refractivity contribution in [1.82, 2.24) is 5.32 Å². The minimum Gasteiger partial charge on any atom is -0.304 e. The van der Waals surface area contributed by atoms with Gasteiger partial charge in [0.15, 0.2) is 0 Å². The molecule has 2 aromatic carbocycles. The molecule has 106 valence electrons. The summed E-state index contributed by atoms with van der Waals surface area (Å²) in [5, 5.41) is 3.59. The molecule has 0 unspecified atom stereocenters. The average Bonchev–Trinajstić information content (AvgIpc) is 2.41. The molecule has 20 heavy (non-hydrogen) atoms. The lowest BCUT2D eigenvalue weighted by molar-refractivity contribution is 0.400. The first-order valence-corrected chi connectivity index (χ1v) is 7.50. The second kappa shape index (κ2) is 6.25. The summed E-state index contributed by atoms with van der Waals surface area (Å²) in [5.74, 6) is -0.382. The molecule has 2 rings (SSSR count). The quantitative estimate of drug-likeness (QED) is 0.787. The Morgan fingerprint density at radius 3 is 2.40 bits per heavy atom. The van der Waals surface area contributed by atoms with Crippen molar-refractivity contribution in [2.24, 2.45) is 0 Å². The van der Waals surface area contributed by atoms with Crippen molar-refractivity contribution < 1.29 is 4.39 Å². The van der Waals surface area contributed by atoms with Gasteiger partial charge >= 0.3 is 0 Å². The van der Waals surface area contributed by atoms with Gasteiger partial charge in [0.05, 0.1) is 5.02 Å². The first kappa shape index (κ1) is 15.5. The Hall–Kier alpha value is -0.900. The summed E-state index contributed by atoms with van der Waals surface area (Å²) in [6.45, 7) is 4.78.